The van der Waals surface area contributed by atoms with E-state index in [9.17, 15) is 0 Å². The van der Waals surface area contributed by atoms with Crippen molar-refractivity contribution in [3.63, 3.8) is 0 Å². The average molecular weight is 212 g/mol. The van der Waals surface area contributed by atoms with Gasteiger partial charge in [-0.05, 0) is 36.5 Å². The number of hydrogen-bond donors (Lipinski definition) is 0. The minimum Gasteiger partial charge on any atom is -0.0953 e. The maximum Gasteiger partial charge on any atom is -0.00828 e. The molecule has 0 radical (unpaired) electrons. The molecule has 1 fully saturated rings. The Balaban J connectivity index is 2.66. The van der Waals surface area contributed by atoms with E-state index in [4.69, 9.17) is 0 Å². The maximum absolute atomic E-state index is 4.31. The molecule has 1 heteroatoms. The second-order valence-corrected chi connectivity index (χ2v) is 8.26. The number of allylic oxidation sites excluding steroid dienone is 1. The molecule has 0 aromatic carbocycles. The minimum absolute atomic E-state index is 0.0865. The van der Waals surface area contributed by atoms with E-state index in [0.717, 1.165) is 5.66 Å². The summed E-state index contributed by atoms with van der Waals surface area (Å²) in [5.74, 6) is 0. The zero-order chi connectivity index (χ0) is 10.8. The van der Waals surface area contributed by atoms with Gasteiger partial charge in [-0.15, -0.1) is 0 Å². The Kier molecular flexibility index (Phi) is 4.19. The Morgan fingerprint density at radius 1 is 1.43 bits per heavy atom. The van der Waals surface area contributed by atoms with E-state index >= 15 is 0 Å². The van der Waals surface area contributed by atoms with Gasteiger partial charge >= 0.3 is 0 Å². The van der Waals surface area contributed by atoms with E-state index < -0.39 is 0 Å². The predicted molar refractivity (Wildman–Crippen MR) is 68.4 cm³/mol. The van der Waals surface area contributed by atoms with E-state index in [1.54, 1.807) is 5.31 Å². The van der Waals surface area contributed by atoms with Crippen molar-refractivity contribution in [3.8, 4) is 0 Å². The standard InChI is InChI=1S/C13H25P/c1-6-8-12(4)14(11(3)7-2)13(5)9-10-13/h12H,3,6-10H2,1-2,4-5H3. The lowest BCUT2D eigenvalue weighted by molar-refractivity contribution is 0.767. The molecule has 2 unspecified atom stereocenters. The van der Waals surface area contributed by atoms with Crippen molar-refractivity contribution < 1.29 is 0 Å². The van der Waals surface area contributed by atoms with E-state index in [1.807, 2.05) is 0 Å². The van der Waals surface area contributed by atoms with Gasteiger partial charge in [0.05, 0.1) is 0 Å². The van der Waals surface area contributed by atoms with Crippen molar-refractivity contribution in [2.75, 3.05) is 0 Å². The van der Waals surface area contributed by atoms with Crippen LogP contribution < -0.4 is 0 Å². The molecule has 0 aromatic heterocycles. The molecule has 82 valence electrons. The Bertz CT molecular complexity index is 203. The van der Waals surface area contributed by atoms with Gasteiger partial charge in [-0.2, -0.15) is 0 Å². The molecule has 0 spiro atoms. The van der Waals surface area contributed by atoms with Gasteiger partial charge in [-0.3, -0.25) is 0 Å². The lowest BCUT2D eigenvalue weighted by Crippen LogP contribution is -2.11. The van der Waals surface area contributed by atoms with Gasteiger partial charge in [-0.25, -0.2) is 0 Å². The van der Waals surface area contributed by atoms with Crippen LogP contribution in [-0.2, 0) is 0 Å². The van der Waals surface area contributed by atoms with Gasteiger partial charge in [0, 0.05) is 0 Å². The van der Waals surface area contributed by atoms with Crippen molar-refractivity contribution in [2.24, 2.45) is 0 Å². The molecule has 0 nitrogen and oxygen atoms in total. The van der Waals surface area contributed by atoms with Crippen LogP contribution in [0.1, 0.15) is 59.8 Å². The van der Waals surface area contributed by atoms with Crippen LogP contribution in [0.5, 0.6) is 0 Å². The highest BCUT2D eigenvalue weighted by Crippen LogP contribution is 2.70. The number of hydrogen-bond acceptors (Lipinski definition) is 0. The van der Waals surface area contributed by atoms with Gasteiger partial charge in [0.1, 0.15) is 0 Å². The molecule has 0 aliphatic heterocycles. The molecule has 1 saturated carbocycles. The Labute approximate surface area is 90.9 Å². The molecule has 0 N–H and O–H groups in total. The quantitative estimate of drug-likeness (QED) is 0.535. The molecule has 0 aromatic rings. The zero-order valence-electron chi connectivity index (χ0n) is 10.3. The highest BCUT2D eigenvalue weighted by Gasteiger charge is 2.46. The molecule has 0 heterocycles. The molecule has 14 heavy (non-hydrogen) atoms. The fourth-order valence-corrected chi connectivity index (χ4v) is 6.27. The fourth-order valence-electron chi connectivity index (χ4n) is 2.36. The molecule has 1 aliphatic carbocycles. The second kappa shape index (κ2) is 4.79. The van der Waals surface area contributed by atoms with Gasteiger partial charge in [0.25, 0.3) is 0 Å². The van der Waals surface area contributed by atoms with Gasteiger partial charge in [0.2, 0.25) is 0 Å². The normalized spacial score (nSPS) is 22.9. The zero-order valence-corrected chi connectivity index (χ0v) is 11.2. The molecule has 0 bridgehead atoms. The summed E-state index contributed by atoms with van der Waals surface area (Å²) < 4.78 is 0. The smallest absolute Gasteiger partial charge is 0.00828 e. The van der Waals surface area contributed by atoms with E-state index in [-0.39, 0.29) is 7.92 Å². The van der Waals surface area contributed by atoms with E-state index in [1.165, 1.54) is 32.1 Å². The van der Waals surface area contributed by atoms with Gasteiger partial charge in [0.15, 0.2) is 0 Å². The monoisotopic (exact) mass is 212 g/mol. The van der Waals surface area contributed by atoms with Crippen molar-refractivity contribution in [1.29, 1.82) is 0 Å². The van der Waals surface area contributed by atoms with Crippen molar-refractivity contribution >= 4 is 7.92 Å². The summed E-state index contributed by atoms with van der Waals surface area (Å²) in [6, 6.07) is 0. The summed E-state index contributed by atoms with van der Waals surface area (Å²) in [6.45, 7) is 13.8. The Morgan fingerprint density at radius 3 is 2.36 bits per heavy atom. The lowest BCUT2D eigenvalue weighted by Gasteiger charge is -2.32. The summed E-state index contributed by atoms with van der Waals surface area (Å²) in [5.41, 5.74) is 0.898. The summed E-state index contributed by atoms with van der Waals surface area (Å²) in [5, 5.41) is 2.23. The topological polar surface area (TPSA) is 0 Å². The van der Waals surface area contributed by atoms with Crippen LogP contribution in [0.2, 0.25) is 0 Å². The summed E-state index contributed by atoms with van der Waals surface area (Å²) in [7, 11) is 0.0865. The SMILES string of the molecule is C=C(CC)P(C(C)CCC)C1(C)CC1. The summed E-state index contributed by atoms with van der Waals surface area (Å²) in [6.07, 6.45) is 6.81. The summed E-state index contributed by atoms with van der Waals surface area (Å²) in [4.78, 5) is 0. The molecule has 2 atom stereocenters. The fraction of sp³-hybridized carbons (Fsp3) is 0.846. The van der Waals surface area contributed by atoms with Gasteiger partial charge < -0.3 is 0 Å². The maximum atomic E-state index is 4.31. The third-order valence-corrected chi connectivity index (χ3v) is 7.20. The lowest BCUT2D eigenvalue weighted by atomic mass is 10.3. The summed E-state index contributed by atoms with van der Waals surface area (Å²) >= 11 is 0. The Hall–Kier alpha value is 0.170. The number of rotatable bonds is 6. The molecular formula is C13H25P. The predicted octanol–water partition coefficient (Wildman–Crippen LogP) is 5.13. The Morgan fingerprint density at radius 2 is 2.00 bits per heavy atom. The van der Waals surface area contributed by atoms with Crippen molar-refractivity contribution in [2.45, 2.75) is 70.6 Å². The van der Waals surface area contributed by atoms with E-state index in [2.05, 4.69) is 34.3 Å². The molecule has 1 aliphatic rings. The first-order chi connectivity index (χ1) is 6.55. The highest BCUT2D eigenvalue weighted by atomic mass is 31.1. The second-order valence-electron chi connectivity index (χ2n) is 4.92. The third-order valence-electron chi connectivity index (χ3n) is 3.45. The van der Waals surface area contributed by atoms with Gasteiger partial charge in [-0.1, -0.05) is 53.9 Å². The highest BCUT2D eigenvalue weighted by molar-refractivity contribution is 7.64. The molecule has 0 amide bonds. The van der Waals surface area contributed by atoms with Crippen LogP contribution in [0.15, 0.2) is 11.9 Å². The first-order valence-electron chi connectivity index (χ1n) is 6.02. The molecule has 0 saturated heterocycles. The van der Waals surface area contributed by atoms with E-state index in [0.29, 0.717) is 5.16 Å². The molecule has 1 rings (SSSR count). The van der Waals surface area contributed by atoms with Crippen molar-refractivity contribution in [1.82, 2.24) is 0 Å². The van der Waals surface area contributed by atoms with Crippen LogP contribution in [0.4, 0.5) is 0 Å². The largest absolute Gasteiger partial charge is 0.0953 e. The van der Waals surface area contributed by atoms with Crippen LogP contribution >= 0.6 is 7.92 Å². The van der Waals surface area contributed by atoms with Crippen LogP contribution in [0, 0.1) is 0 Å². The van der Waals surface area contributed by atoms with Crippen molar-refractivity contribution in [3.05, 3.63) is 11.9 Å². The third kappa shape index (κ3) is 2.60. The van der Waals surface area contributed by atoms with Crippen LogP contribution in [0.3, 0.4) is 0 Å². The van der Waals surface area contributed by atoms with Crippen LogP contribution in [0.25, 0.3) is 0 Å². The minimum atomic E-state index is 0.0865. The first-order valence-corrected chi connectivity index (χ1v) is 7.43. The first kappa shape index (κ1) is 12.2. The molecular weight excluding hydrogens is 187 g/mol. The van der Waals surface area contributed by atoms with Crippen LogP contribution in [-0.4, -0.2) is 10.8 Å². The average Bonchev–Trinajstić information content (AvgIpc) is 2.84.